The molecule has 0 saturated carbocycles. The van der Waals surface area contributed by atoms with Gasteiger partial charge in [-0.25, -0.2) is 4.98 Å². The van der Waals surface area contributed by atoms with Gasteiger partial charge in [0.25, 0.3) is 0 Å². The fraction of sp³-hybridized carbons (Fsp3) is 0.333. The average molecular weight is 364 g/mol. The van der Waals surface area contributed by atoms with E-state index in [2.05, 4.69) is 14.8 Å². The molecule has 3 rings (SSSR count). The van der Waals surface area contributed by atoms with Gasteiger partial charge in [0.1, 0.15) is 5.82 Å². The number of hydrogen-bond acceptors (Lipinski definition) is 4. The van der Waals surface area contributed by atoms with Crippen molar-refractivity contribution in [2.75, 3.05) is 37.6 Å². The second-order valence-electron chi connectivity index (χ2n) is 5.81. The van der Waals surface area contributed by atoms with Gasteiger partial charge in [-0.15, -0.1) is 0 Å². The standard InChI is InChI=1S/C18H19Cl2N3O/c19-14-4-5-15(16(20)13-14)17(24)6-8-22-9-11-23(12-10-22)18-3-1-2-7-21-18/h1-5,7,13H,6,8-12H2. The third-order valence-corrected chi connectivity index (χ3v) is 4.78. The van der Waals surface area contributed by atoms with Crippen LogP contribution in [-0.4, -0.2) is 48.4 Å². The number of ketones is 1. The van der Waals surface area contributed by atoms with Crippen LogP contribution < -0.4 is 4.90 Å². The molecule has 0 radical (unpaired) electrons. The van der Waals surface area contributed by atoms with Crippen molar-refractivity contribution in [3.8, 4) is 0 Å². The van der Waals surface area contributed by atoms with Gasteiger partial charge in [0.05, 0.1) is 5.02 Å². The summed E-state index contributed by atoms with van der Waals surface area (Å²) in [5, 5.41) is 0.967. The van der Waals surface area contributed by atoms with E-state index in [1.807, 2.05) is 24.4 Å². The molecule has 2 aromatic rings. The lowest BCUT2D eigenvalue weighted by atomic mass is 10.1. The smallest absolute Gasteiger partial charge is 0.165 e. The van der Waals surface area contributed by atoms with Crippen LogP contribution in [0.5, 0.6) is 0 Å². The number of Topliss-reactive ketones (excluding diaryl/α,β-unsaturated/α-hetero) is 1. The maximum absolute atomic E-state index is 12.3. The lowest BCUT2D eigenvalue weighted by Gasteiger charge is -2.35. The number of piperazine rings is 1. The molecule has 0 atom stereocenters. The zero-order chi connectivity index (χ0) is 16.9. The number of aromatic nitrogens is 1. The molecule has 0 N–H and O–H groups in total. The van der Waals surface area contributed by atoms with Crippen molar-refractivity contribution in [1.82, 2.24) is 9.88 Å². The second-order valence-corrected chi connectivity index (χ2v) is 6.66. The highest BCUT2D eigenvalue weighted by molar-refractivity contribution is 6.36. The summed E-state index contributed by atoms with van der Waals surface area (Å²) in [6.07, 6.45) is 2.28. The van der Waals surface area contributed by atoms with Gasteiger partial charge in [-0.05, 0) is 30.3 Å². The van der Waals surface area contributed by atoms with Crippen molar-refractivity contribution in [3.63, 3.8) is 0 Å². The molecule has 1 aliphatic rings. The first-order valence-electron chi connectivity index (χ1n) is 8.00. The van der Waals surface area contributed by atoms with E-state index in [1.165, 1.54) is 0 Å². The van der Waals surface area contributed by atoms with E-state index < -0.39 is 0 Å². The van der Waals surface area contributed by atoms with Gasteiger partial charge < -0.3 is 4.90 Å². The molecule has 4 nitrogen and oxygen atoms in total. The summed E-state index contributed by atoms with van der Waals surface area (Å²) < 4.78 is 0. The number of hydrogen-bond donors (Lipinski definition) is 0. The van der Waals surface area contributed by atoms with Gasteiger partial charge in [-0.2, -0.15) is 0 Å². The zero-order valence-corrected chi connectivity index (χ0v) is 14.8. The molecule has 1 fully saturated rings. The largest absolute Gasteiger partial charge is 0.354 e. The lowest BCUT2D eigenvalue weighted by Crippen LogP contribution is -2.47. The van der Waals surface area contributed by atoms with Crippen LogP contribution in [0.4, 0.5) is 5.82 Å². The van der Waals surface area contributed by atoms with Crippen LogP contribution in [0.15, 0.2) is 42.6 Å². The Kier molecular flexibility index (Phi) is 5.72. The quantitative estimate of drug-likeness (QED) is 0.757. The SMILES string of the molecule is O=C(CCN1CCN(c2ccccn2)CC1)c1ccc(Cl)cc1Cl. The molecule has 0 bridgehead atoms. The van der Waals surface area contributed by atoms with Crippen molar-refractivity contribution >= 4 is 34.8 Å². The van der Waals surface area contributed by atoms with Gasteiger partial charge in [-0.1, -0.05) is 29.3 Å². The Labute approximate surface area is 152 Å². The van der Waals surface area contributed by atoms with Crippen LogP contribution in [0.1, 0.15) is 16.8 Å². The van der Waals surface area contributed by atoms with Crippen LogP contribution in [0.25, 0.3) is 0 Å². The molecule has 1 aromatic heterocycles. The van der Waals surface area contributed by atoms with Crippen LogP contribution >= 0.6 is 23.2 Å². The minimum atomic E-state index is 0.0591. The van der Waals surface area contributed by atoms with Gasteiger partial charge in [0.15, 0.2) is 5.78 Å². The Morgan fingerprint density at radius 1 is 1.08 bits per heavy atom. The summed E-state index contributed by atoms with van der Waals surface area (Å²) in [7, 11) is 0. The predicted octanol–water partition coefficient (Wildman–Crippen LogP) is 3.78. The van der Waals surface area contributed by atoms with E-state index in [1.54, 1.807) is 18.2 Å². The average Bonchev–Trinajstić information content (AvgIpc) is 2.61. The highest BCUT2D eigenvalue weighted by Crippen LogP contribution is 2.22. The Hall–Kier alpha value is -1.62. The van der Waals surface area contributed by atoms with Crippen LogP contribution in [0.3, 0.4) is 0 Å². The third kappa shape index (κ3) is 4.26. The molecule has 24 heavy (non-hydrogen) atoms. The number of carbonyl (C=O) groups is 1. The highest BCUT2D eigenvalue weighted by atomic mass is 35.5. The maximum Gasteiger partial charge on any atom is 0.165 e. The number of benzene rings is 1. The van der Waals surface area contributed by atoms with Crippen molar-refractivity contribution < 1.29 is 4.79 Å². The molecular weight excluding hydrogens is 345 g/mol. The first-order valence-corrected chi connectivity index (χ1v) is 8.75. The van der Waals surface area contributed by atoms with E-state index in [0.29, 0.717) is 22.0 Å². The summed E-state index contributed by atoms with van der Waals surface area (Å²) in [4.78, 5) is 21.3. The molecule has 1 aliphatic heterocycles. The van der Waals surface area contributed by atoms with Gasteiger partial charge in [0, 0.05) is 55.9 Å². The van der Waals surface area contributed by atoms with E-state index in [4.69, 9.17) is 23.2 Å². The minimum absolute atomic E-state index is 0.0591. The Balaban J connectivity index is 1.49. The van der Waals surface area contributed by atoms with Gasteiger partial charge in [0.2, 0.25) is 0 Å². The van der Waals surface area contributed by atoms with Gasteiger partial charge in [-0.3, -0.25) is 9.69 Å². The summed E-state index contributed by atoms with van der Waals surface area (Å²) in [5.74, 6) is 1.07. The predicted molar refractivity (Wildman–Crippen MR) is 98.3 cm³/mol. The first-order chi connectivity index (χ1) is 11.6. The highest BCUT2D eigenvalue weighted by Gasteiger charge is 2.19. The minimum Gasteiger partial charge on any atom is -0.354 e. The Bertz CT molecular complexity index is 701. The molecule has 6 heteroatoms. The number of nitrogens with zero attached hydrogens (tertiary/aromatic N) is 3. The van der Waals surface area contributed by atoms with Crippen LogP contribution in [0, 0.1) is 0 Å². The summed E-state index contributed by atoms with van der Waals surface area (Å²) in [6.45, 7) is 4.45. The van der Waals surface area contributed by atoms with Gasteiger partial charge >= 0.3 is 0 Å². The fourth-order valence-corrected chi connectivity index (χ4v) is 3.37. The van der Waals surface area contributed by atoms with E-state index in [9.17, 15) is 4.79 Å². The maximum atomic E-state index is 12.3. The molecule has 1 aromatic carbocycles. The molecular formula is C18H19Cl2N3O. The number of halogens is 2. The number of rotatable bonds is 5. The first kappa shape index (κ1) is 17.2. The number of carbonyl (C=O) groups excluding carboxylic acids is 1. The topological polar surface area (TPSA) is 36.4 Å². The van der Waals surface area contributed by atoms with E-state index in [-0.39, 0.29) is 5.78 Å². The van der Waals surface area contributed by atoms with Crippen molar-refractivity contribution in [3.05, 3.63) is 58.2 Å². The fourth-order valence-electron chi connectivity index (χ4n) is 2.85. The second kappa shape index (κ2) is 7.97. The Morgan fingerprint density at radius 2 is 1.88 bits per heavy atom. The number of anilines is 1. The monoisotopic (exact) mass is 363 g/mol. The summed E-state index contributed by atoms with van der Waals surface area (Å²) in [5.41, 5.74) is 0.549. The third-order valence-electron chi connectivity index (χ3n) is 4.23. The lowest BCUT2D eigenvalue weighted by molar-refractivity contribution is 0.0962. The van der Waals surface area contributed by atoms with Crippen LogP contribution in [0.2, 0.25) is 10.0 Å². The number of pyridine rings is 1. The van der Waals surface area contributed by atoms with Crippen molar-refractivity contribution in [2.24, 2.45) is 0 Å². The Morgan fingerprint density at radius 3 is 2.54 bits per heavy atom. The van der Waals surface area contributed by atoms with Crippen molar-refractivity contribution in [2.45, 2.75) is 6.42 Å². The molecule has 0 aliphatic carbocycles. The molecule has 0 amide bonds. The molecule has 0 spiro atoms. The molecule has 126 valence electrons. The summed E-state index contributed by atoms with van der Waals surface area (Å²) in [6, 6.07) is 11.0. The van der Waals surface area contributed by atoms with E-state index in [0.717, 1.165) is 38.5 Å². The molecule has 2 heterocycles. The van der Waals surface area contributed by atoms with Crippen molar-refractivity contribution in [1.29, 1.82) is 0 Å². The molecule has 0 unspecified atom stereocenters. The summed E-state index contributed by atoms with van der Waals surface area (Å²) >= 11 is 12.0. The zero-order valence-electron chi connectivity index (χ0n) is 13.3. The van der Waals surface area contributed by atoms with Crippen LogP contribution in [-0.2, 0) is 0 Å². The molecule has 1 saturated heterocycles. The normalized spacial score (nSPS) is 15.5. The van der Waals surface area contributed by atoms with E-state index >= 15 is 0 Å².